The first kappa shape index (κ1) is 10.5. The van der Waals surface area contributed by atoms with E-state index < -0.39 is 4.92 Å². The van der Waals surface area contributed by atoms with Gasteiger partial charge in [0.15, 0.2) is 0 Å². The Morgan fingerprint density at radius 2 is 2.23 bits per heavy atom. The van der Waals surface area contributed by atoms with Crippen molar-refractivity contribution in [1.82, 2.24) is 0 Å². The van der Waals surface area contributed by atoms with Crippen LogP contribution in [0.2, 0.25) is 0 Å². The van der Waals surface area contributed by atoms with Gasteiger partial charge in [-0.1, -0.05) is 22.0 Å². The van der Waals surface area contributed by atoms with E-state index in [1.165, 1.54) is 6.07 Å². The van der Waals surface area contributed by atoms with Gasteiger partial charge in [0.2, 0.25) is 0 Å². The number of halogens is 2. The monoisotopic (exact) mass is 263 g/mol. The Morgan fingerprint density at radius 1 is 1.54 bits per heavy atom. The summed E-state index contributed by atoms with van der Waals surface area (Å²) >= 11 is 8.70. The normalized spacial score (nSPS) is 10.0. The van der Waals surface area contributed by atoms with Gasteiger partial charge in [-0.05, 0) is 12.5 Å². The third-order valence-corrected chi connectivity index (χ3v) is 2.29. The van der Waals surface area contributed by atoms with Gasteiger partial charge in [-0.15, -0.1) is 11.6 Å². The maximum atomic E-state index is 10.6. The molecular formula is C8H7BrClNO2. The molecule has 0 aliphatic carbocycles. The summed E-state index contributed by atoms with van der Waals surface area (Å²) in [4.78, 5) is 10.2. The van der Waals surface area contributed by atoms with Crippen molar-refractivity contribution in [1.29, 1.82) is 0 Å². The second kappa shape index (κ2) is 4.58. The van der Waals surface area contributed by atoms with E-state index in [1.54, 1.807) is 12.1 Å². The zero-order valence-corrected chi connectivity index (χ0v) is 9.01. The summed E-state index contributed by atoms with van der Waals surface area (Å²) < 4.78 is 0.706. The topological polar surface area (TPSA) is 43.1 Å². The average molecular weight is 265 g/mol. The van der Waals surface area contributed by atoms with Crippen LogP contribution in [0.15, 0.2) is 22.7 Å². The molecule has 5 heteroatoms. The molecule has 70 valence electrons. The third kappa shape index (κ3) is 2.67. The fourth-order valence-electron chi connectivity index (χ4n) is 1.02. The van der Waals surface area contributed by atoms with Crippen LogP contribution in [-0.4, -0.2) is 10.8 Å². The smallest absolute Gasteiger partial charge is 0.258 e. The van der Waals surface area contributed by atoms with Crippen LogP contribution < -0.4 is 0 Å². The van der Waals surface area contributed by atoms with Crippen molar-refractivity contribution in [2.45, 2.75) is 6.42 Å². The SMILES string of the molecule is O=[N+]([O-])c1cc(Br)ccc1CCCl. The molecule has 0 radical (unpaired) electrons. The molecule has 1 aromatic carbocycles. The van der Waals surface area contributed by atoms with Crippen LogP contribution >= 0.6 is 27.5 Å². The number of alkyl halides is 1. The van der Waals surface area contributed by atoms with Gasteiger partial charge in [0.25, 0.3) is 5.69 Å². The fraction of sp³-hybridized carbons (Fsp3) is 0.250. The van der Waals surface area contributed by atoms with Gasteiger partial charge in [-0.3, -0.25) is 10.1 Å². The molecule has 0 heterocycles. The number of nitro groups is 1. The summed E-state index contributed by atoms with van der Waals surface area (Å²) in [6.45, 7) is 0. The lowest BCUT2D eigenvalue weighted by Gasteiger charge is -2.00. The molecule has 0 spiro atoms. The third-order valence-electron chi connectivity index (χ3n) is 1.61. The molecular weight excluding hydrogens is 257 g/mol. The first-order chi connectivity index (χ1) is 6.15. The summed E-state index contributed by atoms with van der Waals surface area (Å²) in [6, 6.07) is 4.97. The van der Waals surface area contributed by atoms with Crippen molar-refractivity contribution in [3.63, 3.8) is 0 Å². The first-order valence-corrected chi connectivity index (χ1v) is 4.96. The average Bonchev–Trinajstić information content (AvgIpc) is 2.08. The quantitative estimate of drug-likeness (QED) is 0.478. The van der Waals surface area contributed by atoms with Crippen molar-refractivity contribution in [3.05, 3.63) is 38.3 Å². The number of nitro benzene ring substituents is 1. The maximum absolute atomic E-state index is 10.6. The number of benzene rings is 1. The Kier molecular flexibility index (Phi) is 3.69. The molecule has 0 amide bonds. The van der Waals surface area contributed by atoms with Crippen LogP contribution in [-0.2, 0) is 6.42 Å². The second-order valence-corrected chi connectivity index (χ2v) is 3.76. The van der Waals surface area contributed by atoms with Crippen molar-refractivity contribution in [3.8, 4) is 0 Å². The lowest BCUT2D eigenvalue weighted by Crippen LogP contribution is -1.96. The van der Waals surface area contributed by atoms with Gasteiger partial charge in [0.05, 0.1) is 4.92 Å². The zero-order valence-electron chi connectivity index (χ0n) is 6.67. The minimum Gasteiger partial charge on any atom is -0.258 e. The zero-order chi connectivity index (χ0) is 9.84. The predicted molar refractivity (Wildman–Crippen MR) is 55.2 cm³/mol. The van der Waals surface area contributed by atoms with E-state index in [-0.39, 0.29) is 5.69 Å². The van der Waals surface area contributed by atoms with E-state index >= 15 is 0 Å². The summed E-state index contributed by atoms with van der Waals surface area (Å²) in [5.74, 6) is 0.391. The molecule has 3 nitrogen and oxygen atoms in total. The fourth-order valence-corrected chi connectivity index (χ4v) is 1.57. The van der Waals surface area contributed by atoms with Crippen LogP contribution in [0, 0.1) is 10.1 Å². The molecule has 0 aromatic heterocycles. The second-order valence-electron chi connectivity index (χ2n) is 2.47. The van der Waals surface area contributed by atoms with Crippen LogP contribution in [0.25, 0.3) is 0 Å². The Hall–Kier alpha value is -0.610. The molecule has 0 N–H and O–H groups in total. The first-order valence-electron chi connectivity index (χ1n) is 3.64. The lowest BCUT2D eigenvalue weighted by molar-refractivity contribution is -0.385. The largest absolute Gasteiger partial charge is 0.273 e. The Bertz CT molecular complexity index is 330. The van der Waals surface area contributed by atoms with Gasteiger partial charge < -0.3 is 0 Å². The van der Waals surface area contributed by atoms with Crippen molar-refractivity contribution >= 4 is 33.2 Å². The summed E-state index contributed by atoms with van der Waals surface area (Å²) in [7, 11) is 0. The standard InChI is InChI=1S/C8H7BrClNO2/c9-7-2-1-6(3-4-10)8(5-7)11(12)13/h1-2,5H,3-4H2. The number of aryl methyl sites for hydroxylation is 1. The number of nitrogens with zero attached hydrogens (tertiary/aromatic N) is 1. The predicted octanol–water partition coefficient (Wildman–Crippen LogP) is 3.14. The van der Waals surface area contributed by atoms with Gasteiger partial charge in [-0.2, -0.15) is 0 Å². The number of hydrogen-bond acceptors (Lipinski definition) is 2. The maximum Gasteiger partial charge on any atom is 0.273 e. The van der Waals surface area contributed by atoms with Gasteiger partial charge in [0, 0.05) is 22.0 Å². The highest BCUT2D eigenvalue weighted by Gasteiger charge is 2.12. The van der Waals surface area contributed by atoms with E-state index in [4.69, 9.17) is 11.6 Å². The Morgan fingerprint density at radius 3 is 2.77 bits per heavy atom. The molecule has 0 saturated carbocycles. The molecule has 13 heavy (non-hydrogen) atoms. The van der Waals surface area contributed by atoms with Crippen LogP contribution in [0.3, 0.4) is 0 Å². The molecule has 1 rings (SSSR count). The highest BCUT2D eigenvalue weighted by Crippen LogP contribution is 2.23. The molecule has 0 fully saturated rings. The van der Waals surface area contributed by atoms with E-state index in [1.807, 2.05) is 0 Å². The van der Waals surface area contributed by atoms with Crippen LogP contribution in [0.4, 0.5) is 5.69 Å². The van der Waals surface area contributed by atoms with E-state index in [2.05, 4.69) is 15.9 Å². The molecule has 1 aromatic rings. The van der Waals surface area contributed by atoms with E-state index in [0.29, 0.717) is 22.3 Å². The minimum absolute atomic E-state index is 0.120. The van der Waals surface area contributed by atoms with Crippen LogP contribution in [0.1, 0.15) is 5.56 Å². The molecule has 0 aliphatic rings. The summed E-state index contributed by atoms with van der Waals surface area (Å²) in [5.41, 5.74) is 0.790. The minimum atomic E-state index is -0.396. The van der Waals surface area contributed by atoms with Gasteiger partial charge in [0.1, 0.15) is 0 Å². The molecule has 0 atom stereocenters. The summed E-state index contributed by atoms with van der Waals surface area (Å²) in [6.07, 6.45) is 0.519. The van der Waals surface area contributed by atoms with E-state index in [0.717, 1.165) is 0 Å². The highest BCUT2D eigenvalue weighted by molar-refractivity contribution is 9.10. The molecule has 0 saturated heterocycles. The molecule has 0 bridgehead atoms. The van der Waals surface area contributed by atoms with Crippen molar-refractivity contribution < 1.29 is 4.92 Å². The number of hydrogen-bond donors (Lipinski definition) is 0. The van der Waals surface area contributed by atoms with E-state index in [9.17, 15) is 10.1 Å². The summed E-state index contributed by atoms with van der Waals surface area (Å²) in [5, 5.41) is 10.6. The van der Waals surface area contributed by atoms with Crippen LogP contribution in [0.5, 0.6) is 0 Å². The highest BCUT2D eigenvalue weighted by atomic mass is 79.9. The molecule has 0 unspecified atom stereocenters. The number of rotatable bonds is 3. The Labute approximate surface area is 89.0 Å². The van der Waals surface area contributed by atoms with Gasteiger partial charge in [-0.25, -0.2) is 0 Å². The Balaban J connectivity index is 3.10. The van der Waals surface area contributed by atoms with Crippen molar-refractivity contribution in [2.75, 3.05) is 5.88 Å². The van der Waals surface area contributed by atoms with Crippen molar-refractivity contribution in [2.24, 2.45) is 0 Å². The lowest BCUT2D eigenvalue weighted by atomic mass is 10.1. The molecule has 0 aliphatic heterocycles. The van der Waals surface area contributed by atoms with Gasteiger partial charge >= 0.3 is 0 Å².